The van der Waals surface area contributed by atoms with Crippen LogP contribution >= 0.6 is 34.2 Å². The van der Waals surface area contributed by atoms with Crippen LogP contribution in [0.5, 0.6) is 0 Å². The molecule has 0 aromatic heterocycles. The van der Waals surface area contributed by atoms with Crippen molar-refractivity contribution in [2.45, 2.75) is 6.18 Å². The third kappa shape index (κ3) is 2.38. The Morgan fingerprint density at radius 2 is 1.93 bits per heavy atom. The van der Waals surface area contributed by atoms with Crippen LogP contribution in [0.1, 0.15) is 15.9 Å². The molecule has 0 saturated heterocycles. The topological polar surface area (TPSA) is 17.1 Å². The minimum Gasteiger partial charge on any atom is -0.276 e. The maximum Gasteiger partial charge on any atom is 0.417 e. The van der Waals surface area contributed by atoms with E-state index in [1.807, 2.05) is 0 Å². The van der Waals surface area contributed by atoms with Gasteiger partial charge < -0.3 is 0 Å². The Morgan fingerprint density at radius 1 is 1.36 bits per heavy atom. The second-order valence-electron chi connectivity index (χ2n) is 2.44. The van der Waals surface area contributed by atoms with Crippen molar-refractivity contribution in [3.8, 4) is 0 Å². The smallest absolute Gasteiger partial charge is 0.276 e. The lowest BCUT2D eigenvalue weighted by molar-refractivity contribution is -0.138. The molecule has 1 nitrogen and oxygen atoms in total. The molecule has 0 amide bonds. The molecule has 0 spiro atoms. The van der Waals surface area contributed by atoms with Crippen molar-refractivity contribution in [3.63, 3.8) is 0 Å². The molecule has 76 valence electrons. The van der Waals surface area contributed by atoms with E-state index in [4.69, 9.17) is 11.6 Å². The molecule has 0 radical (unpaired) electrons. The first-order valence-electron chi connectivity index (χ1n) is 3.39. The Hall–Kier alpha value is -0.300. The maximum absolute atomic E-state index is 12.3. The highest BCUT2D eigenvalue weighted by Gasteiger charge is 2.34. The van der Waals surface area contributed by atoms with E-state index < -0.39 is 17.0 Å². The summed E-state index contributed by atoms with van der Waals surface area (Å²) < 4.78 is 36.8. The van der Waals surface area contributed by atoms with Crippen LogP contribution in [0.2, 0.25) is 0 Å². The third-order valence-electron chi connectivity index (χ3n) is 1.52. The highest BCUT2D eigenvalue weighted by Crippen LogP contribution is 2.34. The molecule has 0 fully saturated rings. The van der Waals surface area contributed by atoms with Crippen molar-refractivity contribution in [1.82, 2.24) is 0 Å². The molecular formula is C8H3ClF3IO. The van der Waals surface area contributed by atoms with Gasteiger partial charge in [-0.3, -0.25) is 4.79 Å². The Balaban J connectivity index is 3.35. The lowest BCUT2D eigenvalue weighted by Gasteiger charge is -2.10. The summed E-state index contributed by atoms with van der Waals surface area (Å²) in [5.74, 6) is 0. The van der Waals surface area contributed by atoms with Gasteiger partial charge in [0.1, 0.15) is 0 Å². The lowest BCUT2D eigenvalue weighted by Crippen LogP contribution is -2.10. The van der Waals surface area contributed by atoms with E-state index in [0.717, 1.165) is 12.1 Å². The molecule has 0 bridgehead atoms. The number of hydrogen-bond donors (Lipinski definition) is 0. The summed E-state index contributed by atoms with van der Waals surface area (Å²) in [5.41, 5.74) is -0.966. The van der Waals surface area contributed by atoms with Gasteiger partial charge in [0.2, 0.25) is 0 Å². The molecule has 14 heavy (non-hydrogen) atoms. The van der Waals surface area contributed by atoms with Gasteiger partial charge in [0.05, 0.1) is 5.56 Å². The van der Waals surface area contributed by atoms with Crippen LogP contribution in [0.4, 0.5) is 13.2 Å². The van der Waals surface area contributed by atoms with Gasteiger partial charge in [0.25, 0.3) is 5.24 Å². The normalized spacial score (nSPS) is 11.5. The summed E-state index contributed by atoms with van der Waals surface area (Å²) in [6.45, 7) is 0. The van der Waals surface area contributed by atoms with Gasteiger partial charge in [-0.25, -0.2) is 0 Å². The number of benzene rings is 1. The summed E-state index contributed by atoms with van der Waals surface area (Å²) >= 11 is 6.58. The zero-order chi connectivity index (χ0) is 10.9. The van der Waals surface area contributed by atoms with Gasteiger partial charge in [-0.2, -0.15) is 13.2 Å². The zero-order valence-corrected chi connectivity index (χ0v) is 9.44. The average Bonchev–Trinajstić information content (AvgIpc) is 2.01. The molecule has 0 aliphatic rings. The van der Waals surface area contributed by atoms with Crippen LogP contribution in [0.25, 0.3) is 0 Å². The zero-order valence-electron chi connectivity index (χ0n) is 6.53. The standard InChI is InChI=1S/C8H3ClF3IO/c9-7(14)4-2-1-3-5(6(4)13)8(10,11)12/h1-3H. The number of rotatable bonds is 1. The summed E-state index contributed by atoms with van der Waals surface area (Å²) in [6.07, 6.45) is -4.46. The average molecular weight is 334 g/mol. The first-order valence-corrected chi connectivity index (χ1v) is 4.85. The fraction of sp³-hybridized carbons (Fsp3) is 0.125. The molecular weight excluding hydrogens is 331 g/mol. The molecule has 6 heteroatoms. The first-order chi connectivity index (χ1) is 6.34. The van der Waals surface area contributed by atoms with Crippen molar-refractivity contribution < 1.29 is 18.0 Å². The first kappa shape index (κ1) is 11.8. The van der Waals surface area contributed by atoms with Crippen LogP contribution in [-0.4, -0.2) is 5.24 Å². The summed E-state index contributed by atoms with van der Waals surface area (Å²) in [7, 11) is 0. The monoisotopic (exact) mass is 334 g/mol. The van der Waals surface area contributed by atoms with Crippen molar-refractivity contribution in [2.24, 2.45) is 0 Å². The second-order valence-corrected chi connectivity index (χ2v) is 3.86. The second kappa shape index (κ2) is 4.06. The number of hydrogen-bond acceptors (Lipinski definition) is 1. The Morgan fingerprint density at radius 3 is 2.36 bits per heavy atom. The number of carbonyl (C=O) groups is 1. The minimum absolute atomic E-state index is 0.123. The molecule has 1 aromatic rings. The summed E-state index contributed by atoms with van der Waals surface area (Å²) in [4.78, 5) is 10.7. The van der Waals surface area contributed by atoms with Gasteiger partial charge in [-0.1, -0.05) is 6.07 Å². The van der Waals surface area contributed by atoms with Crippen molar-refractivity contribution in [2.75, 3.05) is 0 Å². The molecule has 0 aliphatic carbocycles. The highest BCUT2D eigenvalue weighted by molar-refractivity contribution is 14.1. The van der Waals surface area contributed by atoms with E-state index in [9.17, 15) is 18.0 Å². The van der Waals surface area contributed by atoms with E-state index in [2.05, 4.69) is 0 Å². The van der Waals surface area contributed by atoms with Gasteiger partial charge in [-0.05, 0) is 46.3 Å². The van der Waals surface area contributed by atoms with Crippen LogP contribution in [-0.2, 0) is 6.18 Å². The molecule has 0 saturated carbocycles. The molecule has 1 rings (SSSR count). The van der Waals surface area contributed by atoms with E-state index >= 15 is 0 Å². The van der Waals surface area contributed by atoms with Gasteiger partial charge >= 0.3 is 6.18 Å². The molecule has 0 aliphatic heterocycles. The van der Waals surface area contributed by atoms with Crippen LogP contribution in [0.15, 0.2) is 18.2 Å². The van der Waals surface area contributed by atoms with E-state index in [0.29, 0.717) is 0 Å². The van der Waals surface area contributed by atoms with E-state index in [1.54, 1.807) is 0 Å². The molecule has 0 heterocycles. The van der Waals surface area contributed by atoms with E-state index in [-0.39, 0.29) is 9.13 Å². The number of alkyl halides is 3. The number of carbonyl (C=O) groups excluding carboxylic acids is 1. The highest BCUT2D eigenvalue weighted by atomic mass is 127. The third-order valence-corrected chi connectivity index (χ3v) is 2.88. The maximum atomic E-state index is 12.3. The fourth-order valence-corrected chi connectivity index (χ4v) is 2.13. The van der Waals surface area contributed by atoms with Crippen LogP contribution in [0, 0.1) is 3.57 Å². The lowest BCUT2D eigenvalue weighted by atomic mass is 10.1. The van der Waals surface area contributed by atoms with Gasteiger partial charge in [0, 0.05) is 9.13 Å². The summed E-state index contributed by atoms with van der Waals surface area (Å²) in [6, 6.07) is 3.32. The Kier molecular flexibility index (Phi) is 3.41. The molecule has 0 N–H and O–H groups in total. The quantitative estimate of drug-likeness (QED) is 0.565. The molecule has 0 atom stereocenters. The minimum atomic E-state index is -4.46. The SMILES string of the molecule is O=C(Cl)c1cccc(C(F)(F)F)c1I. The van der Waals surface area contributed by atoms with Crippen molar-refractivity contribution in [1.29, 1.82) is 0 Å². The predicted octanol–water partition coefficient (Wildman–Crippen LogP) is 3.69. The Bertz CT molecular complexity index is 375. The Labute approximate surface area is 96.4 Å². The van der Waals surface area contributed by atoms with Crippen LogP contribution < -0.4 is 0 Å². The van der Waals surface area contributed by atoms with Crippen molar-refractivity contribution in [3.05, 3.63) is 32.9 Å². The van der Waals surface area contributed by atoms with Gasteiger partial charge in [-0.15, -0.1) is 0 Å². The van der Waals surface area contributed by atoms with Crippen molar-refractivity contribution >= 4 is 39.4 Å². The molecule has 1 aromatic carbocycles. The van der Waals surface area contributed by atoms with Crippen LogP contribution in [0.3, 0.4) is 0 Å². The fourth-order valence-electron chi connectivity index (χ4n) is 0.903. The predicted molar refractivity (Wildman–Crippen MR) is 54.3 cm³/mol. The molecule has 0 unspecified atom stereocenters. The van der Waals surface area contributed by atoms with E-state index in [1.165, 1.54) is 28.7 Å². The number of halogens is 5. The van der Waals surface area contributed by atoms with Gasteiger partial charge in [0.15, 0.2) is 0 Å². The largest absolute Gasteiger partial charge is 0.417 e. The summed E-state index contributed by atoms with van der Waals surface area (Å²) in [5, 5.41) is -0.888.